The minimum absolute atomic E-state index is 0.538. The summed E-state index contributed by atoms with van der Waals surface area (Å²) in [7, 11) is 0. The summed E-state index contributed by atoms with van der Waals surface area (Å²) in [5.74, 6) is 0.538. The molecule has 0 aromatic carbocycles. The summed E-state index contributed by atoms with van der Waals surface area (Å²) in [4.78, 5) is 0. The average molecular weight is 180 g/mol. The first-order valence-corrected chi connectivity index (χ1v) is 4.42. The van der Waals surface area contributed by atoms with Gasteiger partial charge in [-0.05, 0) is 12.8 Å². The Balaban J connectivity index is 1.89. The van der Waals surface area contributed by atoms with Crippen molar-refractivity contribution in [3.05, 3.63) is 12.7 Å². The van der Waals surface area contributed by atoms with E-state index in [1.807, 2.05) is 6.21 Å². The molecule has 0 atom stereocenters. The van der Waals surface area contributed by atoms with Crippen molar-refractivity contribution < 1.29 is 4.74 Å². The molecular weight excluding hydrogens is 168 g/mol. The van der Waals surface area contributed by atoms with Crippen LogP contribution in [-0.4, -0.2) is 34.3 Å². The van der Waals surface area contributed by atoms with Crippen molar-refractivity contribution in [1.29, 1.82) is 0 Å². The summed E-state index contributed by atoms with van der Waals surface area (Å²) >= 11 is 0. The first-order chi connectivity index (χ1) is 6.45. The van der Waals surface area contributed by atoms with E-state index in [-0.39, 0.29) is 0 Å². The highest BCUT2D eigenvalue weighted by molar-refractivity contribution is 5.60. The molecule has 2 rings (SSSR count). The Kier molecular flexibility index (Phi) is 2.66. The van der Waals surface area contributed by atoms with E-state index in [1.54, 1.807) is 17.3 Å². The molecule has 5 nitrogen and oxygen atoms in total. The molecule has 70 valence electrons. The summed E-state index contributed by atoms with van der Waals surface area (Å²) in [6.45, 7) is 1.69. The van der Waals surface area contributed by atoms with Crippen LogP contribution in [0.5, 0.6) is 0 Å². The van der Waals surface area contributed by atoms with Crippen LogP contribution < -0.4 is 0 Å². The second-order valence-corrected chi connectivity index (χ2v) is 3.06. The van der Waals surface area contributed by atoms with Gasteiger partial charge in [-0.25, -0.2) is 4.68 Å². The molecule has 0 radical (unpaired) electrons. The van der Waals surface area contributed by atoms with E-state index in [0.717, 1.165) is 26.1 Å². The van der Waals surface area contributed by atoms with E-state index in [1.165, 1.54) is 0 Å². The predicted molar refractivity (Wildman–Crippen MR) is 47.5 cm³/mol. The Labute approximate surface area is 76.4 Å². The number of hydrogen-bond donors (Lipinski definition) is 0. The van der Waals surface area contributed by atoms with Crippen LogP contribution in [-0.2, 0) is 4.74 Å². The zero-order valence-electron chi connectivity index (χ0n) is 7.33. The SMILES string of the molecule is C(=N\n1cnnc1)/C1CCOCC1. The standard InChI is InChI=1S/C8H12N4O/c1-3-13-4-2-8(1)5-11-12-6-9-10-7-12/h5-8H,1-4H2/b11-5+. The van der Waals surface area contributed by atoms with E-state index < -0.39 is 0 Å². The summed E-state index contributed by atoms with van der Waals surface area (Å²) < 4.78 is 6.85. The Bertz CT molecular complexity index is 264. The molecule has 0 amide bonds. The first-order valence-electron chi connectivity index (χ1n) is 4.42. The Morgan fingerprint density at radius 3 is 2.69 bits per heavy atom. The van der Waals surface area contributed by atoms with Gasteiger partial charge in [0.25, 0.3) is 0 Å². The lowest BCUT2D eigenvalue weighted by atomic mass is 10.0. The van der Waals surface area contributed by atoms with Crippen LogP contribution in [0.1, 0.15) is 12.8 Å². The molecule has 1 fully saturated rings. The van der Waals surface area contributed by atoms with Gasteiger partial charge < -0.3 is 4.74 Å². The van der Waals surface area contributed by atoms with Gasteiger partial charge in [0, 0.05) is 25.3 Å². The van der Waals surface area contributed by atoms with Crippen molar-refractivity contribution in [1.82, 2.24) is 14.9 Å². The smallest absolute Gasteiger partial charge is 0.141 e. The highest BCUT2D eigenvalue weighted by atomic mass is 16.5. The highest BCUT2D eigenvalue weighted by Gasteiger charge is 2.10. The van der Waals surface area contributed by atoms with Crippen LogP contribution in [0.2, 0.25) is 0 Å². The molecule has 2 heterocycles. The van der Waals surface area contributed by atoms with Gasteiger partial charge in [-0.2, -0.15) is 5.10 Å². The lowest BCUT2D eigenvalue weighted by Gasteiger charge is -2.17. The van der Waals surface area contributed by atoms with Gasteiger partial charge >= 0.3 is 0 Å². The number of ether oxygens (including phenoxy) is 1. The van der Waals surface area contributed by atoms with Gasteiger partial charge in [-0.3, -0.25) is 0 Å². The van der Waals surface area contributed by atoms with Crippen molar-refractivity contribution in [3.8, 4) is 0 Å². The molecular formula is C8H12N4O. The number of rotatable bonds is 2. The zero-order valence-corrected chi connectivity index (χ0v) is 7.33. The van der Waals surface area contributed by atoms with Crippen molar-refractivity contribution in [2.45, 2.75) is 12.8 Å². The minimum Gasteiger partial charge on any atom is -0.381 e. The fourth-order valence-corrected chi connectivity index (χ4v) is 1.29. The van der Waals surface area contributed by atoms with Crippen LogP contribution in [0.15, 0.2) is 17.8 Å². The third kappa shape index (κ3) is 2.35. The van der Waals surface area contributed by atoms with Crippen molar-refractivity contribution in [3.63, 3.8) is 0 Å². The fourth-order valence-electron chi connectivity index (χ4n) is 1.29. The van der Waals surface area contributed by atoms with E-state index in [2.05, 4.69) is 15.3 Å². The molecule has 1 aromatic rings. The van der Waals surface area contributed by atoms with Crippen LogP contribution in [0, 0.1) is 5.92 Å². The zero-order chi connectivity index (χ0) is 8.93. The molecule has 0 N–H and O–H groups in total. The maximum atomic E-state index is 5.24. The molecule has 0 aliphatic carbocycles. The quantitative estimate of drug-likeness (QED) is 0.624. The van der Waals surface area contributed by atoms with Crippen LogP contribution >= 0.6 is 0 Å². The number of hydrogen-bond acceptors (Lipinski definition) is 4. The van der Waals surface area contributed by atoms with E-state index in [0.29, 0.717) is 5.92 Å². The van der Waals surface area contributed by atoms with Crippen molar-refractivity contribution in [2.75, 3.05) is 13.2 Å². The van der Waals surface area contributed by atoms with Gasteiger partial charge in [0.2, 0.25) is 0 Å². The molecule has 1 saturated heterocycles. The van der Waals surface area contributed by atoms with Gasteiger partial charge in [-0.1, -0.05) is 0 Å². The summed E-state index contributed by atoms with van der Waals surface area (Å²) in [6, 6.07) is 0. The molecule has 1 aliphatic rings. The molecule has 0 unspecified atom stereocenters. The van der Waals surface area contributed by atoms with Crippen molar-refractivity contribution in [2.24, 2.45) is 11.0 Å². The highest BCUT2D eigenvalue weighted by Crippen LogP contribution is 2.11. The van der Waals surface area contributed by atoms with E-state index >= 15 is 0 Å². The van der Waals surface area contributed by atoms with E-state index in [4.69, 9.17) is 4.74 Å². The molecule has 0 saturated carbocycles. The lowest BCUT2D eigenvalue weighted by Crippen LogP contribution is -2.16. The topological polar surface area (TPSA) is 52.3 Å². The van der Waals surface area contributed by atoms with Gasteiger partial charge in [-0.15, -0.1) is 10.2 Å². The predicted octanol–water partition coefficient (Wildman–Crippen LogP) is 0.539. The van der Waals surface area contributed by atoms with Gasteiger partial charge in [0.05, 0.1) is 0 Å². The number of aromatic nitrogens is 3. The van der Waals surface area contributed by atoms with Crippen LogP contribution in [0.25, 0.3) is 0 Å². The Morgan fingerprint density at radius 2 is 2.00 bits per heavy atom. The fraction of sp³-hybridized carbons (Fsp3) is 0.625. The molecule has 5 heteroatoms. The van der Waals surface area contributed by atoms with Crippen molar-refractivity contribution >= 4 is 6.21 Å². The van der Waals surface area contributed by atoms with Crippen LogP contribution in [0.4, 0.5) is 0 Å². The Hall–Kier alpha value is -1.23. The van der Waals surface area contributed by atoms with Gasteiger partial charge in [0.1, 0.15) is 12.7 Å². The molecule has 0 spiro atoms. The largest absolute Gasteiger partial charge is 0.381 e. The second-order valence-electron chi connectivity index (χ2n) is 3.06. The first kappa shape index (κ1) is 8.37. The normalized spacial score (nSPS) is 19.7. The van der Waals surface area contributed by atoms with Crippen LogP contribution in [0.3, 0.4) is 0 Å². The van der Waals surface area contributed by atoms with E-state index in [9.17, 15) is 0 Å². The maximum Gasteiger partial charge on any atom is 0.141 e. The summed E-state index contributed by atoms with van der Waals surface area (Å²) in [6.07, 6.45) is 7.23. The molecule has 0 bridgehead atoms. The lowest BCUT2D eigenvalue weighted by molar-refractivity contribution is 0.0837. The summed E-state index contributed by atoms with van der Waals surface area (Å²) in [5.41, 5.74) is 0. The third-order valence-corrected chi connectivity index (χ3v) is 2.08. The average Bonchev–Trinajstić information content (AvgIpc) is 2.69. The summed E-state index contributed by atoms with van der Waals surface area (Å²) in [5, 5.41) is 11.5. The molecule has 1 aliphatic heterocycles. The Morgan fingerprint density at radius 1 is 1.31 bits per heavy atom. The minimum atomic E-state index is 0.538. The molecule has 13 heavy (non-hydrogen) atoms. The third-order valence-electron chi connectivity index (χ3n) is 2.08. The van der Waals surface area contributed by atoms with Gasteiger partial charge in [0.15, 0.2) is 0 Å². The maximum absolute atomic E-state index is 5.24. The second kappa shape index (κ2) is 4.13. The monoisotopic (exact) mass is 180 g/mol. The molecule has 1 aromatic heterocycles. The number of nitrogens with zero attached hydrogens (tertiary/aromatic N) is 4.